The van der Waals surface area contributed by atoms with Crippen LogP contribution in [0.1, 0.15) is 29.9 Å². The molecule has 3 heteroatoms. The quantitative estimate of drug-likeness (QED) is 0.786. The molecular weight excluding hydrogens is 277 g/mol. The lowest BCUT2D eigenvalue weighted by molar-refractivity contribution is 1.04. The van der Waals surface area contributed by atoms with Crippen LogP contribution in [-0.4, -0.2) is 0 Å². The molecule has 0 heterocycles. The lowest BCUT2D eigenvalue weighted by Crippen LogP contribution is -2.02. The van der Waals surface area contributed by atoms with Crippen molar-refractivity contribution in [2.24, 2.45) is 0 Å². The molecule has 1 aliphatic carbocycles. The van der Waals surface area contributed by atoms with Crippen molar-refractivity contribution in [3.8, 4) is 0 Å². The zero-order valence-corrected chi connectivity index (χ0v) is 12.0. The first-order valence-electron chi connectivity index (χ1n) is 6.51. The lowest BCUT2D eigenvalue weighted by Gasteiger charge is -2.12. The SMILES string of the molecule is Clc1ccc(NCc2ccccc2C2CC2)c(Cl)c1. The largest absolute Gasteiger partial charge is 0.380 e. The lowest BCUT2D eigenvalue weighted by atomic mass is 10.0. The van der Waals surface area contributed by atoms with Gasteiger partial charge in [0.05, 0.1) is 10.7 Å². The minimum atomic E-state index is 0.661. The maximum absolute atomic E-state index is 6.16. The predicted molar refractivity (Wildman–Crippen MR) is 82.2 cm³/mol. The Hall–Kier alpha value is -1.18. The fourth-order valence-corrected chi connectivity index (χ4v) is 2.79. The predicted octanol–water partition coefficient (Wildman–Crippen LogP) is 5.48. The summed E-state index contributed by atoms with van der Waals surface area (Å²) in [5.41, 5.74) is 3.76. The Bertz CT molecular complexity index is 591. The van der Waals surface area contributed by atoms with E-state index < -0.39 is 0 Å². The summed E-state index contributed by atoms with van der Waals surface area (Å²) in [6.07, 6.45) is 2.64. The van der Waals surface area contributed by atoms with Gasteiger partial charge in [-0.1, -0.05) is 47.5 Å². The number of rotatable bonds is 4. The highest BCUT2D eigenvalue weighted by molar-refractivity contribution is 6.36. The number of halogens is 2. The third-order valence-electron chi connectivity index (χ3n) is 3.47. The van der Waals surface area contributed by atoms with Crippen LogP contribution < -0.4 is 5.32 Å². The molecule has 1 nitrogen and oxygen atoms in total. The Morgan fingerprint density at radius 3 is 2.58 bits per heavy atom. The van der Waals surface area contributed by atoms with Crippen molar-refractivity contribution in [2.45, 2.75) is 25.3 Å². The van der Waals surface area contributed by atoms with E-state index in [-0.39, 0.29) is 0 Å². The van der Waals surface area contributed by atoms with E-state index in [2.05, 4.69) is 29.6 Å². The van der Waals surface area contributed by atoms with Gasteiger partial charge in [0.15, 0.2) is 0 Å². The molecule has 1 fully saturated rings. The maximum atomic E-state index is 6.16. The van der Waals surface area contributed by atoms with E-state index in [1.807, 2.05) is 12.1 Å². The smallest absolute Gasteiger partial charge is 0.0652 e. The molecule has 98 valence electrons. The van der Waals surface area contributed by atoms with Gasteiger partial charge in [-0.2, -0.15) is 0 Å². The summed E-state index contributed by atoms with van der Waals surface area (Å²) in [6.45, 7) is 0.800. The normalized spacial score (nSPS) is 14.4. The van der Waals surface area contributed by atoms with Crippen LogP contribution in [0, 0.1) is 0 Å². The van der Waals surface area contributed by atoms with Crippen molar-refractivity contribution in [1.82, 2.24) is 0 Å². The monoisotopic (exact) mass is 291 g/mol. The molecule has 19 heavy (non-hydrogen) atoms. The minimum absolute atomic E-state index is 0.661. The second-order valence-electron chi connectivity index (χ2n) is 4.95. The number of hydrogen-bond acceptors (Lipinski definition) is 1. The molecule has 0 atom stereocenters. The van der Waals surface area contributed by atoms with Crippen LogP contribution in [0.3, 0.4) is 0 Å². The van der Waals surface area contributed by atoms with Gasteiger partial charge in [0.1, 0.15) is 0 Å². The highest BCUT2D eigenvalue weighted by atomic mass is 35.5. The summed E-state index contributed by atoms with van der Waals surface area (Å²) in [6, 6.07) is 14.2. The fraction of sp³-hybridized carbons (Fsp3) is 0.250. The Morgan fingerprint density at radius 1 is 1.05 bits per heavy atom. The highest BCUT2D eigenvalue weighted by Crippen LogP contribution is 2.41. The summed E-state index contributed by atoms with van der Waals surface area (Å²) < 4.78 is 0. The van der Waals surface area contributed by atoms with Gasteiger partial charge in [0, 0.05) is 11.6 Å². The van der Waals surface area contributed by atoms with E-state index in [0.717, 1.165) is 18.2 Å². The van der Waals surface area contributed by atoms with E-state index in [4.69, 9.17) is 23.2 Å². The molecular formula is C16H15Cl2N. The number of hydrogen-bond donors (Lipinski definition) is 1. The van der Waals surface area contributed by atoms with Gasteiger partial charge in [0.2, 0.25) is 0 Å². The Balaban J connectivity index is 1.75. The first-order chi connectivity index (χ1) is 9.24. The van der Waals surface area contributed by atoms with E-state index >= 15 is 0 Å². The molecule has 3 rings (SSSR count). The van der Waals surface area contributed by atoms with Crippen molar-refractivity contribution in [3.05, 3.63) is 63.6 Å². The molecule has 0 aromatic heterocycles. The van der Waals surface area contributed by atoms with Crippen molar-refractivity contribution in [2.75, 3.05) is 5.32 Å². The standard InChI is InChI=1S/C16H15Cl2N/c17-13-7-8-16(15(18)9-13)19-10-12-3-1-2-4-14(12)11-5-6-11/h1-4,7-9,11,19H,5-6,10H2. The van der Waals surface area contributed by atoms with Crippen LogP contribution in [0.15, 0.2) is 42.5 Å². The summed E-state index contributed by atoms with van der Waals surface area (Å²) in [7, 11) is 0. The van der Waals surface area contributed by atoms with Crippen molar-refractivity contribution < 1.29 is 0 Å². The zero-order valence-electron chi connectivity index (χ0n) is 10.5. The number of nitrogens with one attached hydrogen (secondary N) is 1. The van der Waals surface area contributed by atoms with E-state index in [9.17, 15) is 0 Å². The Labute approximate surface area is 123 Å². The van der Waals surface area contributed by atoms with E-state index in [0.29, 0.717) is 10.0 Å². The van der Waals surface area contributed by atoms with Gasteiger partial charge in [-0.15, -0.1) is 0 Å². The Kier molecular flexibility index (Phi) is 3.67. The average Bonchev–Trinajstić information content (AvgIpc) is 3.22. The third kappa shape index (κ3) is 3.05. The highest BCUT2D eigenvalue weighted by Gasteiger charge is 2.25. The van der Waals surface area contributed by atoms with Crippen LogP contribution in [0.25, 0.3) is 0 Å². The van der Waals surface area contributed by atoms with Gasteiger partial charge in [-0.3, -0.25) is 0 Å². The molecule has 0 unspecified atom stereocenters. The van der Waals surface area contributed by atoms with Gasteiger partial charge in [-0.05, 0) is 48.1 Å². The molecule has 2 aromatic rings. The molecule has 0 saturated heterocycles. The summed E-state index contributed by atoms with van der Waals surface area (Å²) >= 11 is 12.1. The molecule has 2 aromatic carbocycles. The Morgan fingerprint density at radius 2 is 1.84 bits per heavy atom. The van der Waals surface area contributed by atoms with E-state index in [1.165, 1.54) is 24.0 Å². The van der Waals surface area contributed by atoms with Crippen molar-refractivity contribution >= 4 is 28.9 Å². The fourth-order valence-electron chi connectivity index (χ4n) is 2.31. The summed E-state index contributed by atoms with van der Waals surface area (Å²) in [5, 5.41) is 4.71. The van der Waals surface area contributed by atoms with Crippen LogP contribution in [0.4, 0.5) is 5.69 Å². The summed E-state index contributed by atoms with van der Waals surface area (Å²) in [4.78, 5) is 0. The van der Waals surface area contributed by atoms with Crippen LogP contribution in [0.2, 0.25) is 10.0 Å². The van der Waals surface area contributed by atoms with Crippen LogP contribution in [0.5, 0.6) is 0 Å². The molecule has 0 amide bonds. The molecule has 0 bridgehead atoms. The van der Waals surface area contributed by atoms with Crippen LogP contribution >= 0.6 is 23.2 Å². The molecule has 1 aliphatic rings. The van der Waals surface area contributed by atoms with Gasteiger partial charge >= 0.3 is 0 Å². The first kappa shape index (κ1) is 12.8. The summed E-state index contributed by atoms with van der Waals surface area (Å²) in [5.74, 6) is 0.763. The van der Waals surface area contributed by atoms with Gasteiger partial charge in [-0.25, -0.2) is 0 Å². The minimum Gasteiger partial charge on any atom is -0.380 e. The van der Waals surface area contributed by atoms with E-state index in [1.54, 1.807) is 6.07 Å². The zero-order chi connectivity index (χ0) is 13.2. The molecule has 0 spiro atoms. The van der Waals surface area contributed by atoms with Crippen molar-refractivity contribution in [1.29, 1.82) is 0 Å². The molecule has 1 N–H and O–H groups in total. The number of benzene rings is 2. The maximum Gasteiger partial charge on any atom is 0.0652 e. The molecule has 1 saturated carbocycles. The van der Waals surface area contributed by atoms with Gasteiger partial charge in [0.25, 0.3) is 0 Å². The topological polar surface area (TPSA) is 12.0 Å². The van der Waals surface area contributed by atoms with Gasteiger partial charge < -0.3 is 5.32 Å². The average molecular weight is 292 g/mol. The number of anilines is 1. The van der Waals surface area contributed by atoms with Crippen molar-refractivity contribution in [3.63, 3.8) is 0 Å². The van der Waals surface area contributed by atoms with Crippen LogP contribution in [-0.2, 0) is 6.54 Å². The second kappa shape index (κ2) is 5.44. The first-order valence-corrected chi connectivity index (χ1v) is 7.26. The third-order valence-corrected chi connectivity index (χ3v) is 4.02. The molecule has 0 radical (unpaired) electrons. The second-order valence-corrected chi connectivity index (χ2v) is 5.79. The molecule has 0 aliphatic heterocycles.